The zero-order chi connectivity index (χ0) is 21.5. The van der Waals surface area contributed by atoms with Crippen LogP contribution in [0, 0.1) is 6.92 Å². The molecule has 0 radical (unpaired) electrons. The molecule has 10 heteroatoms. The van der Waals surface area contributed by atoms with E-state index in [1.165, 1.54) is 28.0 Å². The number of benzene rings is 1. The summed E-state index contributed by atoms with van der Waals surface area (Å²) in [5.74, 6) is -0.145. The molecule has 0 unspecified atom stereocenters. The number of thioether (sulfide) groups is 1. The number of carbonyl (C=O) groups excluding carboxylic acids is 2. The highest BCUT2D eigenvalue weighted by atomic mass is 32.2. The number of hydrogen-bond acceptors (Lipinski definition) is 9. The third kappa shape index (κ3) is 5.38. The van der Waals surface area contributed by atoms with Crippen molar-refractivity contribution < 1.29 is 23.5 Å². The average Bonchev–Trinajstić information content (AvgIpc) is 3.32. The molecule has 0 saturated heterocycles. The molecule has 0 spiro atoms. The van der Waals surface area contributed by atoms with Crippen molar-refractivity contribution in [3.8, 4) is 0 Å². The fraction of sp³-hybridized carbons (Fsp3) is 0.400. The average molecular weight is 450 g/mol. The lowest BCUT2D eigenvalue weighted by Crippen LogP contribution is -2.38. The number of para-hydroxylation sites is 1. The summed E-state index contributed by atoms with van der Waals surface area (Å²) in [6, 6.07) is 7.49. The predicted octanol–water partition coefficient (Wildman–Crippen LogP) is 3.54. The number of hydrogen-bond donors (Lipinski definition) is 0. The van der Waals surface area contributed by atoms with Crippen molar-refractivity contribution >= 4 is 45.9 Å². The Morgan fingerprint density at radius 1 is 1.27 bits per heavy atom. The lowest BCUT2D eigenvalue weighted by molar-refractivity contribution is -0.143. The van der Waals surface area contributed by atoms with Crippen LogP contribution in [0.25, 0.3) is 11.0 Å². The molecule has 30 heavy (non-hydrogen) atoms. The fourth-order valence-corrected chi connectivity index (χ4v) is 4.69. The van der Waals surface area contributed by atoms with Crippen LogP contribution in [0.1, 0.15) is 28.0 Å². The van der Waals surface area contributed by atoms with E-state index in [4.69, 9.17) is 13.9 Å². The van der Waals surface area contributed by atoms with Gasteiger partial charge in [-0.05, 0) is 19.9 Å². The second-order valence-corrected chi connectivity index (χ2v) is 8.71. The standard InChI is InChI=1S/C20H23N3O5S2/c1-4-27-17(24)11-23(9-10-26-3)19(25)18-15(12-29-20-22-21-13(2)30-20)14-7-5-6-8-16(14)28-18/h5-8H,4,9-12H2,1-3H3. The summed E-state index contributed by atoms with van der Waals surface area (Å²) >= 11 is 2.99. The van der Waals surface area contributed by atoms with Crippen LogP contribution < -0.4 is 0 Å². The highest BCUT2D eigenvalue weighted by Gasteiger charge is 2.27. The molecule has 0 saturated carbocycles. The number of aryl methyl sites for hydroxylation is 1. The van der Waals surface area contributed by atoms with Gasteiger partial charge < -0.3 is 18.8 Å². The number of methoxy groups -OCH3 is 1. The Balaban J connectivity index is 1.91. The molecule has 3 rings (SSSR count). The fourth-order valence-electron chi connectivity index (χ4n) is 2.85. The first kappa shape index (κ1) is 22.3. The number of carbonyl (C=O) groups is 2. The topological polar surface area (TPSA) is 94.8 Å². The van der Waals surface area contributed by atoms with Crippen molar-refractivity contribution in [2.45, 2.75) is 23.9 Å². The maximum absolute atomic E-state index is 13.3. The Morgan fingerprint density at radius 2 is 2.07 bits per heavy atom. The smallest absolute Gasteiger partial charge is 0.325 e. The Labute approximate surface area is 182 Å². The van der Waals surface area contributed by atoms with Gasteiger partial charge in [0.15, 0.2) is 10.1 Å². The molecule has 0 bridgehead atoms. The van der Waals surface area contributed by atoms with E-state index < -0.39 is 5.97 Å². The van der Waals surface area contributed by atoms with Gasteiger partial charge in [0.1, 0.15) is 17.1 Å². The molecule has 0 aliphatic carbocycles. The summed E-state index contributed by atoms with van der Waals surface area (Å²) in [7, 11) is 1.54. The van der Waals surface area contributed by atoms with Crippen molar-refractivity contribution in [1.82, 2.24) is 15.1 Å². The van der Waals surface area contributed by atoms with Gasteiger partial charge in [-0.15, -0.1) is 10.2 Å². The molecule has 1 amide bonds. The highest BCUT2D eigenvalue weighted by molar-refractivity contribution is 8.00. The third-order valence-electron chi connectivity index (χ3n) is 4.22. The molecule has 3 aromatic rings. The van der Waals surface area contributed by atoms with E-state index >= 15 is 0 Å². The monoisotopic (exact) mass is 449 g/mol. The van der Waals surface area contributed by atoms with E-state index in [1.807, 2.05) is 31.2 Å². The molecule has 160 valence electrons. The molecule has 1 aromatic carbocycles. The van der Waals surface area contributed by atoms with Gasteiger partial charge in [0.2, 0.25) is 0 Å². The summed E-state index contributed by atoms with van der Waals surface area (Å²) in [5.41, 5.74) is 1.38. The van der Waals surface area contributed by atoms with E-state index in [-0.39, 0.29) is 31.4 Å². The van der Waals surface area contributed by atoms with Crippen LogP contribution in [0.5, 0.6) is 0 Å². The molecule has 0 fully saturated rings. The molecule has 2 aromatic heterocycles. The summed E-state index contributed by atoms with van der Waals surface area (Å²) in [5, 5.41) is 9.90. The lowest BCUT2D eigenvalue weighted by Gasteiger charge is -2.20. The Bertz CT molecular complexity index is 1020. The van der Waals surface area contributed by atoms with Gasteiger partial charge in [-0.1, -0.05) is 41.3 Å². The molecule has 0 N–H and O–H groups in total. The predicted molar refractivity (Wildman–Crippen MR) is 115 cm³/mol. The summed E-state index contributed by atoms with van der Waals surface area (Å²) in [6.07, 6.45) is 0. The second kappa shape index (κ2) is 10.6. The maximum Gasteiger partial charge on any atom is 0.325 e. The molecule has 2 heterocycles. The Kier molecular flexibility index (Phi) is 7.83. The zero-order valence-electron chi connectivity index (χ0n) is 17.0. The van der Waals surface area contributed by atoms with Gasteiger partial charge in [-0.2, -0.15) is 0 Å². The number of fused-ring (bicyclic) bond motifs is 1. The molecule has 0 atom stereocenters. The van der Waals surface area contributed by atoms with Gasteiger partial charge in [0, 0.05) is 30.4 Å². The second-order valence-electron chi connectivity index (χ2n) is 6.31. The van der Waals surface area contributed by atoms with E-state index in [9.17, 15) is 9.59 Å². The van der Waals surface area contributed by atoms with Gasteiger partial charge in [-0.25, -0.2) is 0 Å². The molecular formula is C20H23N3O5S2. The van der Waals surface area contributed by atoms with Gasteiger partial charge in [0.25, 0.3) is 5.91 Å². The first-order valence-electron chi connectivity index (χ1n) is 9.40. The first-order valence-corrected chi connectivity index (χ1v) is 11.2. The van der Waals surface area contributed by atoms with Crippen molar-refractivity contribution in [3.63, 3.8) is 0 Å². The minimum Gasteiger partial charge on any atom is -0.465 e. The SMILES string of the molecule is CCOC(=O)CN(CCOC)C(=O)c1oc2ccccc2c1CSc1nnc(C)s1. The summed E-state index contributed by atoms with van der Waals surface area (Å²) in [6.45, 7) is 4.23. The van der Waals surface area contributed by atoms with Crippen molar-refractivity contribution in [2.75, 3.05) is 33.4 Å². The van der Waals surface area contributed by atoms with E-state index in [2.05, 4.69) is 10.2 Å². The zero-order valence-corrected chi connectivity index (χ0v) is 18.7. The maximum atomic E-state index is 13.3. The molecule has 0 aliphatic rings. The van der Waals surface area contributed by atoms with Gasteiger partial charge in [0.05, 0.1) is 13.2 Å². The summed E-state index contributed by atoms with van der Waals surface area (Å²) < 4.78 is 16.9. The Morgan fingerprint density at radius 3 is 2.77 bits per heavy atom. The van der Waals surface area contributed by atoms with Crippen LogP contribution in [0.3, 0.4) is 0 Å². The van der Waals surface area contributed by atoms with Crippen molar-refractivity contribution in [1.29, 1.82) is 0 Å². The number of amides is 1. The third-order valence-corrected chi connectivity index (χ3v) is 6.22. The van der Waals surface area contributed by atoms with Gasteiger partial charge in [-0.3, -0.25) is 9.59 Å². The lowest BCUT2D eigenvalue weighted by atomic mass is 10.1. The molecule has 0 aliphatic heterocycles. The van der Waals surface area contributed by atoms with Crippen LogP contribution in [-0.4, -0.2) is 60.4 Å². The van der Waals surface area contributed by atoms with Gasteiger partial charge >= 0.3 is 5.97 Å². The number of ether oxygens (including phenoxy) is 2. The highest BCUT2D eigenvalue weighted by Crippen LogP contribution is 2.33. The van der Waals surface area contributed by atoms with Crippen molar-refractivity contribution in [3.05, 3.63) is 40.6 Å². The minimum absolute atomic E-state index is 0.171. The van der Waals surface area contributed by atoms with E-state index in [0.717, 1.165) is 20.3 Å². The largest absolute Gasteiger partial charge is 0.465 e. The van der Waals surface area contributed by atoms with Crippen LogP contribution >= 0.6 is 23.1 Å². The normalized spacial score (nSPS) is 11.0. The van der Waals surface area contributed by atoms with E-state index in [1.54, 1.807) is 14.0 Å². The minimum atomic E-state index is -0.474. The van der Waals surface area contributed by atoms with Crippen LogP contribution in [0.4, 0.5) is 0 Å². The quantitative estimate of drug-likeness (QED) is 0.343. The number of rotatable bonds is 10. The van der Waals surface area contributed by atoms with E-state index in [0.29, 0.717) is 17.9 Å². The summed E-state index contributed by atoms with van der Waals surface area (Å²) in [4.78, 5) is 26.7. The number of aromatic nitrogens is 2. The van der Waals surface area contributed by atoms with Crippen molar-refractivity contribution in [2.24, 2.45) is 0 Å². The number of nitrogens with zero attached hydrogens (tertiary/aromatic N) is 3. The first-order chi connectivity index (χ1) is 14.5. The van der Waals surface area contributed by atoms with Crippen LogP contribution in [-0.2, 0) is 20.0 Å². The Hall–Kier alpha value is -2.43. The number of furan rings is 1. The number of esters is 1. The molecular weight excluding hydrogens is 426 g/mol. The van der Waals surface area contributed by atoms with Crippen LogP contribution in [0.2, 0.25) is 0 Å². The van der Waals surface area contributed by atoms with Crippen LogP contribution in [0.15, 0.2) is 33.0 Å². The molecule has 8 nitrogen and oxygen atoms in total.